The average molecular weight is 190 g/mol. The van der Waals surface area contributed by atoms with Crippen LogP contribution in [-0.4, -0.2) is 22.1 Å². The largest absolute Gasteiger partial charge is 0.460 e. The number of rotatable bonds is 3. The molecule has 0 saturated carbocycles. The number of halogens is 2. The van der Waals surface area contributed by atoms with Crippen LogP contribution in [0.3, 0.4) is 0 Å². The van der Waals surface area contributed by atoms with Crippen molar-refractivity contribution in [2.75, 3.05) is 6.61 Å². The summed E-state index contributed by atoms with van der Waals surface area (Å²) in [5.74, 6) is -1.22. The fraction of sp³-hybridized carbons (Fsp3) is 0.429. The number of alkyl halides is 2. The predicted octanol–water partition coefficient (Wildman–Crippen LogP) is 1.45. The predicted molar refractivity (Wildman–Crippen MR) is 39.4 cm³/mol. The summed E-state index contributed by atoms with van der Waals surface area (Å²) in [6.45, 7) is -1.05. The second kappa shape index (κ2) is 3.97. The molecule has 1 aromatic rings. The zero-order valence-corrected chi connectivity index (χ0v) is 6.91. The van der Waals surface area contributed by atoms with Gasteiger partial charge in [0.1, 0.15) is 0 Å². The molecule has 1 rings (SSSR count). The van der Waals surface area contributed by atoms with Gasteiger partial charge in [0.25, 0.3) is 0 Å². The summed E-state index contributed by atoms with van der Waals surface area (Å²) in [5, 5.41) is 0. The van der Waals surface area contributed by atoms with Gasteiger partial charge >= 0.3 is 12.5 Å². The van der Waals surface area contributed by atoms with E-state index in [-0.39, 0.29) is 12.4 Å². The molecule has 0 aliphatic carbocycles. The van der Waals surface area contributed by atoms with Crippen molar-refractivity contribution >= 4 is 5.97 Å². The summed E-state index contributed by atoms with van der Waals surface area (Å²) >= 11 is 0. The van der Waals surface area contributed by atoms with E-state index in [1.54, 1.807) is 6.92 Å². The van der Waals surface area contributed by atoms with Crippen molar-refractivity contribution < 1.29 is 18.3 Å². The number of hydrogen-bond acceptors (Lipinski definition) is 3. The van der Waals surface area contributed by atoms with Crippen LogP contribution < -0.4 is 0 Å². The molecule has 0 fully saturated rings. The SMILES string of the molecule is CCOC(=O)c1nccn1C(F)F. The van der Waals surface area contributed by atoms with Crippen LogP contribution in [-0.2, 0) is 4.74 Å². The summed E-state index contributed by atoms with van der Waals surface area (Å²) < 4.78 is 29.3. The van der Waals surface area contributed by atoms with Gasteiger partial charge in [0.2, 0.25) is 5.82 Å². The maximum Gasteiger partial charge on any atom is 0.374 e. The van der Waals surface area contributed by atoms with Gasteiger partial charge in [0, 0.05) is 12.4 Å². The molecule has 13 heavy (non-hydrogen) atoms. The minimum absolute atomic E-state index is 0.134. The first-order chi connectivity index (χ1) is 6.16. The van der Waals surface area contributed by atoms with E-state index < -0.39 is 12.5 Å². The van der Waals surface area contributed by atoms with Crippen LogP contribution >= 0.6 is 0 Å². The lowest BCUT2D eigenvalue weighted by Crippen LogP contribution is -2.13. The first kappa shape index (κ1) is 9.63. The molecule has 0 radical (unpaired) electrons. The van der Waals surface area contributed by atoms with E-state index in [9.17, 15) is 13.6 Å². The minimum Gasteiger partial charge on any atom is -0.460 e. The third-order valence-corrected chi connectivity index (χ3v) is 1.34. The summed E-state index contributed by atoms with van der Waals surface area (Å²) in [6.07, 6.45) is 2.15. The van der Waals surface area contributed by atoms with E-state index in [0.29, 0.717) is 4.57 Å². The Labute approximate surface area is 73.1 Å². The monoisotopic (exact) mass is 190 g/mol. The van der Waals surface area contributed by atoms with Crippen LogP contribution in [0.15, 0.2) is 12.4 Å². The van der Waals surface area contributed by atoms with Gasteiger partial charge in [-0.3, -0.25) is 4.57 Å². The Morgan fingerprint density at radius 3 is 3.00 bits per heavy atom. The van der Waals surface area contributed by atoms with Crippen molar-refractivity contribution in [3.05, 3.63) is 18.2 Å². The molecular weight excluding hydrogens is 182 g/mol. The number of ether oxygens (including phenoxy) is 1. The van der Waals surface area contributed by atoms with E-state index in [1.165, 1.54) is 0 Å². The molecule has 6 heteroatoms. The Morgan fingerprint density at radius 1 is 1.77 bits per heavy atom. The number of hydrogen-bond donors (Lipinski definition) is 0. The van der Waals surface area contributed by atoms with Crippen LogP contribution in [0, 0.1) is 0 Å². The zero-order chi connectivity index (χ0) is 9.84. The molecule has 0 N–H and O–H groups in total. The highest BCUT2D eigenvalue weighted by Crippen LogP contribution is 2.12. The number of imidazole rings is 1. The molecule has 0 aliphatic rings. The van der Waals surface area contributed by atoms with Gasteiger partial charge in [-0.05, 0) is 6.92 Å². The van der Waals surface area contributed by atoms with Crippen LogP contribution in [0.5, 0.6) is 0 Å². The maximum absolute atomic E-state index is 12.2. The Hall–Kier alpha value is -1.46. The molecule has 0 bridgehead atoms. The van der Waals surface area contributed by atoms with Crippen molar-refractivity contribution in [3.8, 4) is 0 Å². The summed E-state index contributed by atoms with van der Waals surface area (Å²) in [6, 6.07) is 0. The topological polar surface area (TPSA) is 44.1 Å². The first-order valence-corrected chi connectivity index (χ1v) is 3.65. The molecule has 0 aromatic carbocycles. The zero-order valence-electron chi connectivity index (χ0n) is 6.91. The van der Waals surface area contributed by atoms with Crippen molar-refractivity contribution in [2.45, 2.75) is 13.5 Å². The quantitative estimate of drug-likeness (QED) is 0.677. The molecule has 0 saturated heterocycles. The Morgan fingerprint density at radius 2 is 2.46 bits per heavy atom. The van der Waals surface area contributed by atoms with Gasteiger partial charge in [-0.2, -0.15) is 8.78 Å². The Bertz CT molecular complexity index is 298. The number of nitrogens with zero attached hydrogens (tertiary/aromatic N) is 2. The van der Waals surface area contributed by atoms with Gasteiger partial charge in [-0.25, -0.2) is 9.78 Å². The molecule has 1 aromatic heterocycles. The summed E-state index contributed by atoms with van der Waals surface area (Å²) in [7, 11) is 0. The molecule has 0 aliphatic heterocycles. The highest BCUT2D eigenvalue weighted by Gasteiger charge is 2.18. The molecule has 4 nitrogen and oxygen atoms in total. The fourth-order valence-electron chi connectivity index (χ4n) is 0.824. The summed E-state index contributed by atoms with van der Waals surface area (Å²) in [5.41, 5.74) is 0. The smallest absolute Gasteiger partial charge is 0.374 e. The third kappa shape index (κ3) is 2.01. The second-order valence-electron chi connectivity index (χ2n) is 2.16. The Balaban J connectivity index is 2.87. The molecule has 0 atom stereocenters. The van der Waals surface area contributed by atoms with E-state index >= 15 is 0 Å². The van der Waals surface area contributed by atoms with Crippen molar-refractivity contribution in [2.24, 2.45) is 0 Å². The number of carbonyl (C=O) groups excluding carboxylic acids is 1. The molecule has 72 valence electrons. The van der Waals surface area contributed by atoms with Crippen LogP contribution in [0.2, 0.25) is 0 Å². The first-order valence-electron chi connectivity index (χ1n) is 3.65. The molecule has 1 heterocycles. The van der Waals surface area contributed by atoms with Gasteiger partial charge in [-0.1, -0.05) is 0 Å². The van der Waals surface area contributed by atoms with E-state index in [4.69, 9.17) is 0 Å². The minimum atomic E-state index is -2.78. The van der Waals surface area contributed by atoms with Gasteiger partial charge in [-0.15, -0.1) is 0 Å². The Kier molecular flexibility index (Phi) is 2.94. The second-order valence-corrected chi connectivity index (χ2v) is 2.16. The number of esters is 1. The van der Waals surface area contributed by atoms with Gasteiger partial charge in [0.15, 0.2) is 0 Å². The van der Waals surface area contributed by atoms with E-state index in [0.717, 1.165) is 12.4 Å². The van der Waals surface area contributed by atoms with Crippen LogP contribution in [0.4, 0.5) is 8.78 Å². The highest BCUT2D eigenvalue weighted by atomic mass is 19.3. The third-order valence-electron chi connectivity index (χ3n) is 1.34. The lowest BCUT2D eigenvalue weighted by molar-refractivity contribution is 0.0402. The molecule has 0 amide bonds. The lowest BCUT2D eigenvalue weighted by Gasteiger charge is -2.04. The van der Waals surface area contributed by atoms with Crippen LogP contribution in [0.25, 0.3) is 0 Å². The molecule has 0 spiro atoms. The summed E-state index contributed by atoms with van der Waals surface area (Å²) in [4.78, 5) is 14.5. The van der Waals surface area contributed by atoms with Crippen molar-refractivity contribution in [3.63, 3.8) is 0 Å². The normalized spacial score (nSPS) is 10.5. The standard InChI is InChI=1S/C7H8F2N2O2/c1-2-13-6(12)5-10-3-4-11(5)7(8)9/h3-4,7H,2H2,1H3. The van der Waals surface area contributed by atoms with Gasteiger partial charge in [0.05, 0.1) is 6.61 Å². The lowest BCUT2D eigenvalue weighted by atomic mass is 10.6. The average Bonchev–Trinajstić information content (AvgIpc) is 2.52. The van der Waals surface area contributed by atoms with Crippen molar-refractivity contribution in [1.29, 1.82) is 0 Å². The fourth-order valence-corrected chi connectivity index (χ4v) is 0.824. The maximum atomic E-state index is 12.2. The number of carbonyl (C=O) groups is 1. The van der Waals surface area contributed by atoms with E-state index in [1.807, 2.05) is 0 Å². The van der Waals surface area contributed by atoms with E-state index in [2.05, 4.69) is 9.72 Å². The highest BCUT2D eigenvalue weighted by molar-refractivity contribution is 5.85. The number of aromatic nitrogens is 2. The molecular formula is C7H8F2N2O2. The van der Waals surface area contributed by atoms with Crippen molar-refractivity contribution in [1.82, 2.24) is 9.55 Å². The van der Waals surface area contributed by atoms with Crippen LogP contribution in [0.1, 0.15) is 24.1 Å². The van der Waals surface area contributed by atoms with Gasteiger partial charge < -0.3 is 4.74 Å². The molecule has 0 unspecified atom stereocenters.